The highest BCUT2D eigenvalue weighted by atomic mass is 35.5. The van der Waals surface area contributed by atoms with Crippen LogP contribution in [0.5, 0.6) is 5.75 Å². The summed E-state index contributed by atoms with van der Waals surface area (Å²) >= 11 is 12.4. The summed E-state index contributed by atoms with van der Waals surface area (Å²) < 4.78 is 31.8. The number of ether oxygens (including phenoxy) is 1. The molecule has 1 atom stereocenters. The third-order valence-electron chi connectivity index (χ3n) is 5.60. The van der Waals surface area contributed by atoms with E-state index >= 15 is 0 Å². The Kier molecular flexibility index (Phi) is 11.3. The van der Waals surface area contributed by atoms with Gasteiger partial charge in [0.05, 0.1) is 19.1 Å². The van der Waals surface area contributed by atoms with Crippen molar-refractivity contribution in [2.75, 3.05) is 30.8 Å². The van der Waals surface area contributed by atoms with Crippen molar-refractivity contribution in [1.82, 2.24) is 10.2 Å². The molecule has 2 aromatic rings. The van der Waals surface area contributed by atoms with E-state index in [4.69, 9.17) is 27.9 Å². The van der Waals surface area contributed by atoms with Crippen molar-refractivity contribution in [1.29, 1.82) is 0 Å². The zero-order chi connectivity index (χ0) is 26.9. The molecule has 0 bridgehead atoms. The smallest absolute Gasteiger partial charge is 0.244 e. The molecule has 0 heterocycles. The molecule has 0 spiro atoms. The highest BCUT2D eigenvalue weighted by molar-refractivity contribution is 7.92. The first kappa shape index (κ1) is 29.7. The summed E-state index contributed by atoms with van der Waals surface area (Å²) in [6.07, 6.45) is 3.04. The lowest BCUT2D eigenvalue weighted by molar-refractivity contribution is -0.140. The molecule has 2 rings (SSSR count). The number of amides is 2. The SMILES string of the molecule is CCCCNC(=O)[C@@H](CC)N(Cc1ccc(Cl)cc1Cl)C(=O)CN(c1ccccc1OC)S(C)(=O)=O. The highest BCUT2D eigenvalue weighted by Gasteiger charge is 2.32. The third kappa shape index (κ3) is 8.01. The summed E-state index contributed by atoms with van der Waals surface area (Å²) in [5.74, 6) is -0.574. The van der Waals surface area contributed by atoms with Gasteiger partial charge >= 0.3 is 0 Å². The predicted octanol–water partition coefficient (Wildman–Crippen LogP) is 4.49. The first-order valence-corrected chi connectivity index (χ1v) is 14.3. The van der Waals surface area contributed by atoms with Crippen LogP contribution in [0.1, 0.15) is 38.7 Å². The molecule has 2 aromatic carbocycles. The lowest BCUT2D eigenvalue weighted by atomic mass is 10.1. The van der Waals surface area contributed by atoms with Crippen molar-refractivity contribution in [3.8, 4) is 5.75 Å². The molecule has 0 fully saturated rings. The van der Waals surface area contributed by atoms with Gasteiger partial charge < -0.3 is 15.0 Å². The second-order valence-electron chi connectivity index (χ2n) is 8.27. The summed E-state index contributed by atoms with van der Waals surface area (Å²) in [5, 5.41) is 3.65. The molecule has 11 heteroatoms. The molecule has 198 valence electrons. The van der Waals surface area contributed by atoms with Gasteiger partial charge in [0.1, 0.15) is 18.3 Å². The number of hydrogen-bond acceptors (Lipinski definition) is 5. The molecule has 0 radical (unpaired) electrons. The predicted molar refractivity (Wildman–Crippen MR) is 144 cm³/mol. The molecule has 0 aliphatic rings. The molecule has 0 aliphatic carbocycles. The number of hydrogen-bond donors (Lipinski definition) is 1. The van der Waals surface area contributed by atoms with Gasteiger partial charge in [-0.2, -0.15) is 0 Å². The monoisotopic (exact) mass is 557 g/mol. The lowest BCUT2D eigenvalue weighted by Gasteiger charge is -2.33. The number of benzene rings is 2. The van der Waals surface area contributed by atoms with Crippen LogP contribution in [0.4, 0.5) is 5.69 Å². The highest BCUT2D eigenvalue weighted by Crippen LogP contribution is 2.30. The zero-order valence-corrected chi connectivity index (χ0v) is 23.3. The van der Waals surface area contributed by atoms with E-state index in [0.717, 1.165) is 23.4 Å². The lowest BCUT2D eigenvalue weighted by Crippen LogP contribution is -2.52. The second kappa shape index (κ2) is 13.7. The van der Waals surface area contributed by atoms with E-state index in [1.165, 1.54) is 12.0 Å². The molecule has 8 nitrogen and oxygen atoms in total. The fourth-order valence-corrected chi connectivity index (χ4v) is 5.01. The Hall–Kier alpha value is -2.49. The quantitative estimate of drug-likeness (QED) is 0.366. The van der Waals surface area contributed by atoms with Gasteiger partial charge in [0.25, 0.3) is 0 Å². The van der Waals surface area contributed by atoms with Gasteiger partial charge in [-0.05, 0) is 42.7 Å². The number of unbranched alkanes of at least 4 members (excludes halogenated alkanes) is 1. The van der Waals surface area contributed by atoms with Gasteiger partial charge in [0, 0.05) is 23.1 Å². The molecule has 0 unspecified atom stereocenters. The molecular formula is C25H33Cl2N3O5S. The first-order valence-electron chi connectivity index (χ1n) is 11.6. The Morgan fingerprint density at radius 1 is 1.11 bits per heavy atom. The molecule has 2 amide bonds. The number of sulfonamides is 1. The molecular weight excluding hydrogens is 525 g/mol. The Bertz CT molecular complexity index is 1160. The topological polar surface area (TPSA) is 96.0 Å². The molecule has 36 heavy (non-hydrogen) atoms. The van der Waals surface area contributed by atoms with E-state index in [2.05, 4.69) is 5.32 Å². The van der Waals surface area contributed by atoms with Crippen molar-refractivity contribution >= 4 is 50.7 Å². The first-order chi connectivity index (χ1) is 17.0. The van der Waals surface area contributed by atoms with Crippen molar-refractivity contribution in [3.63, 3.8) is 0 Å². The number of carbonyl (C=O) groups excluding carboxylic acids is 2. The molecule has 0 saturated heterocycles. The van der Waals surface area contributed by atoms with Crippen LogP contribution < -0.4 is 14.4 Å². The standard InChI is InChI=1S/C25H33Cl2N3O5S/c1-5-7-14-28-25(32)21(6-2)29(16-18-12-13-19(26)15-20(18)27)24(31)17-30(36(4,33)34)22-10-8-9-11-23(22)35-3/h8-13,15,21H,5-7,14,16-17H2,1-4H3,(H,28,32)/t21-/m1/s1. The number of para-hydroxylation sites is 2. The van der Waals surface area contributed by atoms with Crippen LogP contribution in [-0.4, -0.2) is 57.6 Å². The minimum atomic E-state index is -3.87. The van der Waals surface area contributed by atoms with Crippen LogP contribution in [0.15, 0.2) is 42.5 Å². The van der Waals surface area contributed by atoms with E-state index in [-0.39, 0.29) is 18.1 Å². The maximum Gasteiger partial charge on any atom is 0.244 e. The zero-order valence-electron chi connectivity index (χ0n) is 21.0. The molecule has 1 N–H and O–H groups in total. The maximum atomic E-state index is 13.7. The number of nitrogens with zero attached hydrogens (tertiary/aromatic N) is 2. The average Bonchev–Trinajstić information content (AvgIpc) is 2.83. The Labute approximate surface area is 223 Å². The number of halogens is 2. The van der Waals surface area contributed by atoms with Crippen LogP contribution in [0.2, 0.25) is 10.0 Å². The summed E-state index contributed by atoms with van der Waals surface area (Å²) in [6.45, 7) is 3.76. The number of carbonyl (C=O) groups is 2. The van der Waals surface area contributed by atoms with Gasteiger partial charge in [-0.15, -0.1) is 0 Å². The Balaban J connectivity index is 2.47. The van der Waals surface area contributed by atoms with E-state index < -0.39 is 28.5 Å². The minimum Gasteiger partial charge on any atom is -0.495 e. The van der Waals surface area contributed by atoms with E-state index in [9.17, 15) is 18.0 Å². The number of methoxy groups -OCH3 is 1. The molecule has 0 saturated carbocycles. The summed E-state index contributed by atoms with van der Waals surface area (Å²) in [6, 6.07) is 10.6. The van der Waals surface area contributed by atoms with Crippen molar-refractivity contribution in [3.05, 3.63) is 58.1 Å². The minimum absolute atomic E-state index is 0.00192. The van der Waals surface area contributed by atoms with Gasteiger partial charge in [-0.25, -0.2) is 8.42 Å². The average molecular weight is 559 g/mol. The second-order valence-corrected chi connectivity index (χ2v) is 11.0. The fourth-order valence-electron chi connectivity index (χ4n) is 3.69. The van der Waals surface area contributed by atoms with Crippen LogP contribution in [-0.2, 0) is 26.2 Å². The Morgan fingerprint density at radius 3 is 2.39 bits per heavy atom. The van der Waals surface area contributed by atoms with E-state index in [0.29, 0.717) is 34.3 Å². The molecule has 0 aromatic heterocycles. The normalized spacial score (nSPS) is 12.1. The van der Waals surface area contributed by atoms with Crippen LogP contribution in [0, 0.1) is 0 Å². The maximum absolute atomic E-state index is 13.7. The van der Waals surface area contributed by atoms with Crippen LogP contribution in [0.25, 0.3) is 0 Å². The van der Waals surface area contributed by atoms with Crippen molar-refractivity contribution in [2.45, 2.75) is 45.7 Å². The van der Waals surface area contributed by atoms with Gasteiger partial charge in [0.15, 0.2) is 0 Å². The third-order valence-corrected chi connectivity index (χ3v) is 7.32. The van der Waals surface area contributed by atoms with Gasteiger partial charge in [-0.3, -0.25) is 13.9 Å². The van der Waals surface area contributed by atoms with E-state index in [1.807, 2.05) is 6.92 Å². The van der Waals surface area contributed by atoms with Crippen molar-refractivity contribution in [2.24, 2.45) is 0 Å². The summed E-state index contributed by atoms with van der Waals surface area (Å²) in [7, 11) is -2.45. The van der Waals surface area contributed by atoms with Crippen LogP contribution >= 0.6 is 23.2 Å². The van der Waals surface area contributed by atoms with Crippen molar-refractivity contribution < 1.29 is 22.7 Å². The summed E-state index contributed by atoms with van der Waals surface area (Å²) in [4.78, 5) is 28.2. The van der Waals surface area contributed by atoms with E-state index in [1.54, 1.807) is 49.4 Å². The number of rotatable bonds is 13. The van der Waals surface area contributed by atoms with Gasteiger partial charge in [-0.1, -0.05) is 61.7 Å². The largest absolute Gasteiger partial charge is 0.495 e. The molecule has 0 aliphatic heterocycles. The number of anilines is 1. The fraction of sp³-hybridized carbons (Fsp3) is 0.440. The number of nitrogens with one attached hydrogen (secondary N) is 1. The summed E-state index contributed by atoms with van der Waals surface area (Å²) in [5.41, 5.74) is 0.804. The van der Waals surface area contributed by atoms with Crippen LogP contribution in [0.3, 0.4) is 0 Å². The van der Waals surface area contributed by atoms with Gasteiger partial charge in [0.2, 0.25) is 21.8 Å². The Morgan fingerprint density at radius 2 is 1.81 bits per heavy atom.